The van der Waals surface area contributed by atoms with Gasteiger partial charge in [0.1, 0.15) is 5.75 Å². The van der Waals surface area contributed by atoms with Crippen LogP contribution in [0.4, 0.5) is 11.4 Å². The van der Waals surface area contributed by atoms with Crippen LogP contribution in [0.2, 0.25) is 0 Å². The van der Waals surface area contributed by atoms with Crippen LogP contribution in [0.15, 0.2) is 54.6 Å². The predicted octanol–water partition coefficient (Wildman–Crippen LogP) is 3.36. The van der Waals surface area contributed by atoms with Gasteiger partial charge in [-0.15, -0.1) is 0 Å². The summed E-state index contributed by atoms with van der Waals surface area (Å²) in [5, 5.41) is 0. The van der Waals surface area contributed by atoms with E-state index in [0.29, 0.717) is 5.75 Å². The summed E-state index contributed by atoms with van der Waals surface area (Å²) in [5.74, 6) is 0.240. The van der Waals surface area contributed by atoms with Crippen molar-refractivity contribution in [1.29, 1.82) is 0 Å². The fourth-order valence-electron chi connectivity index (χ4n) is 1.94. The third kappa shape index (κ3) is 3.92. The van der Waals surface area contributed by atoms with Crippen LogP contribution in [-0.4, -0.2) is 32.6 Å². The molecule has 0 N–H and O–H groups in total. The van der Waals surface area contributed by atoms with Gasteiger partial charge in [0.25, 0.3) is 11.5 Å². The number of anilines is 2. The van der Waals surface area contributed by atoms with Gasteiger partial charge in [0.05, 0.1) is 0 Å². The van der Waals surface area contributed by atoms with Gasteiger partial charge in [-0.3, -0.25) is 4.79 Å². The Balaban J connectivity index is 2.07. The summed E-state index contributed by atoms with van der Waals surface area (Å²) in [6, 6.07) is 16.7. The first-order chi connectivity index (χ1) is 10.5. The minimum Gasteiger partial charge on any atom is -0.465 e. The molecule has 0 saturated carbocycles. The van der Waals surface area contributed by atoms with Crippen molar-refractivity contribution in [3.05, 3.63) is 54.6 Å². The lowest BCUT2D eigenvalue weighted by molar-refractivity contribution is -0.121. The highest BCUT2D eigenvalue weighted by Crippen LogP contribution is 2.22. The molecule has 0 aliphatic carbocycles. The molecule has 0 radical (unpaired) electrons. The normalized spacial score (nSPS) is 11.6. The molecule has 4 nitrogen and oxygen atoms in total. The number of ether oxygens (including phenoxy) is 1. The highest BCUT2D eigenvalue weighted by molar-refractivity contribution is 6.31. The number of likely N-dealkylation sites (N-methyl/N-ethyl adjacent to an activating group) is 1. The molecule has 0 saturated heterocycles. The Bertz CT molecular complexity index is 632. The van der Waals surface area contributed by atoms with E-state index in [1.807, 2.05) is 67.5 Å². The van der Waals surface area contributed by atoms with Crippen molar-refractivity contribution in [2.75, 3.05) is 30.9 Å². The van der Waals surface area contributed by atoms with Gasteiger partial charge in [-0.25, -0.2) is 0 Å². The Kier molecular flexibility index (Phi) is 5.28. The van der Waals surface area contributed by atoms with E-state index >= 15 is 0 Å². The van der Waals surface area contributed by atoms with Crippen molar-refractivity contribution < 1.29 is 9.53 Å². The van der Waals surface area contributed by atoms with Gasteiger partial charge in [0.2, 0.25) is 0 Å². The molecule has 2 aromatic carbocycles. The molecule has 0 heterocycles. The molecule has 5 heteroatoms. The smallest absolute Gasteiger partial charge is 0.283 e. The lowest BCUT2D eigenvalue weighted by Crippen LogP contribution is -2.36. The van der Waals surface area contributed by atoms with Crippen LogP contribution in [0.3, 0.4) is 0 Å². The molecule has 0 fully saturated rings. The molecular formula is C17H19ClN2O2. The van der Waals surface area contributed by atoms with E-state index in [4.69, 9.17) is 16.3 Å². The lowest BCUT2D eigenvalue weighted by Gasteiger charge is -2.21. The first kappa shape index (κ1) is 16.2. The van der Waals surface area contributed by atoms with E-state index in [1.165, 1.54) is 4.90 Å². The van der Waals surface area contributed by atoms with Crippen LogP contribution in [0.1, 0.15) is 0 Å². The van der Waals surface area contributed by atoms with Crippen LogP contribution < -0.4 is 14.5 Å². The molecule has 2 aromatic rings. The average molecular weight is 319 g/mol. The number of benzene rings is 2. The molecule has 0 spiro atoms. The number of rotatable bonds is 5. The number of carbonyl (C=O) groups excluding carboxylic acids is 1. The standard InChI is InChI=1S/C17H19ClN2O2/c1-19(2)14-10-7-11-15(12-14)22-16(18)17(21)20(3)13-8-5-4-6-9-13/h4-12,16H,1-3H3. The van der Waals surface area contributed by atoms with E-state index in [-0.39, 0.29) is 5.91 Å². The molecule has 1 atom stereocenters. The number of amides is 1. The predicted molar refractivity (Wildman–Crippen MR) is 90.9 cm³/mol. The Labute approximate surface area is 135 Å². The molecule has 0 aliphatic rings. The summed E-state index contributed by atoms with van der Waals surface area (Å²) in [4.78, 5) is 15.8. The second kappa shape index (κ2) is 7.18. The van der Waals surface area contributed by atoms with Crippen LogP contribution in [0.5, 0.6) is 5.75 Å². The topological polar surface area (TPSA) is 32.8 Å². The van der Waals surface area contributed by atoms with Gasteiger partial charge in [-0.2, -0.15) is 0 Å². The zero-order valence-corrected chi connectivity index (χ0v) is 13.6. The van der Waals surface area contributed by atoms with Gasteiger partial charge in [0, 0.05) is 38.6 Å². The maximum atomic E-state index is 12.3. The molecule has 0 bridgehead atoms. The SMILES string of the molecule is CN(C)c1cccc(OC(Cl)C(=O)N(C)c2ccccc2)c1. The van der Waals surface area contributed by atoms with Gasteiger partial charge in [-0.1, -0.05) is 35.9 Å². The van der Waals surface area contributed by atoms with E-state index in [0.717, 1.165) is 11.4 Å². The van der Waals surface area contributed by atoms with E-state index in [1.54, 1.807) is 13.1 Å². The number of hydrogen-bond acceptors (Lipinski definition) is 3. The molecule has 2 rings (SSSR count). The zero-order valence-electron chi connectivity index (χ0n) is 12.9. The minimum atomic E-state index is -1.08. The molecule has 1 unspecified atom stereocenters. The van der Waals surface area contributed by atoms with Crippen molar-refractivity contribution >= 4 is 28.9 Å². The molecule has 1 amide bonds. The average Bonchev–Trinajstić information content (AvgIpc) is 2.54. The summed E-state index contributed by atoms with van der Waals surface area (Å²) in [6.45, 7) is 0. The molecule has 116 valence electrons. The molecule has 0 aliphatic heterocycles. The zero-order chi connectivity index (χ0) is 16.1. The summed E-state index contributed by atoms with van der Waals surface area (Å²) < 4.78 is 5.56. The Morgan fingerprint density at radius 3 is 2.27 bits per heavy atom. The van der Waals surface area contributed by atoms with E-state index in [9.17, 15) is 4.79 Å². The van der Waals surface area contributed by atoms with Crippen molar-refractivity contribution in [2.45, 2.75) is 5.56 Å². The molecule has 0 aromatic heterocycles. The maximum absolute atomic E-state index is 12.3. The quantitative estimate of drug-likeness (QED) is 0.793. The summed E-state index contributed by atoms with van der Waals surface area (Å²) in [7, 11) is 5.55. The summed E-state index contributed by atoms with van der Waals surface area (Å²) in [6.07, 6.45) is 0. The van der Waals surface area contributed by atoms with E-state index < -0.39 is 5.56 Å². The second-order valence-corrected chi connectivity index (χ2v) is 5.45. The van der Waals surface area contributed by atoms with Gasteiger partial charge in [0.15, 0.2) is 0 Å². The fourth-order valence-corrected chi connectivity index (χ4v) is 2.19. The van der Waals surface area contributed by atoms with Gasteiger partial charge in [-0.05, 0) is 24.3 Å². The number of halogens is 1. The highest BCUT2D eigenvalue weighted by atomic mass is 35.5. The Hall–Kier alpha value is -2.20. The highest BCUT2D eigenvalue weighted by Gasteiger charge is 2.22. The maximum Gasteiger partial charge on any atom is 0.283 e. The number of nitrogens with zero attached hydrogens (tertiary/aromatic N) is 2. The van der Waals surface area contributed by atoms with Crippen molar-refractivity contribution in [2.24, 2.45) is 0 Å². The van der Waals surface area contributed by atoms with Crippen molar-refractivity contribution in [3.8, 4) is 5.75 Å². The summed E-state index contributed by atoms with van der Waals surface area (Å²) in [5.41, 5.74) is 0.664. The van der Waals surface area contributed by atoms with Crippen molar-refractivity contribution in [3.63, 3.8) is 0 Å². The third-order valence-corrected chi connectivity index (χ3v) is 3.52. The van der Waals surface area contributed by atoms with Gasteiger partial charge < -0.3 is 14.5 Å². The minimum absolute atomic E-state index is 0.317. The second-order valence-electron chi connectivity index (χ2n) is 5.06. The first-order valence-electron chi connectivity index (χ1n) is 6.90. The number of carbonyl (C=O) groups is 1. The van der Waals surface area contributed by atoms with Crippen LogP contribution >= 0.6 is 11.6 Å². The summed E-state index contributed by atoms with van der Waals surface area (Å²) >= 11 is 6.12. The Morgan fingerprint density at radius 2 is 1.64 bits per heavy atom. The lowest BCUT2D eigenvalue weighted by atomic mass is 10.3. The number of alkyl halides is 1. The molecule has 22 heavy (non-hydrogen) atoms. The largest absolute Gasteiger partial charge is 0.465 e. The van der Waals surface area contributed by atoms with Crippen LogP contribution in [0.25, 0.3) is 0 Å². The number of hydrogen-bond donors (Lipinski definition) is 0. The third-order valence-electron chi connectivity index (χ3n) is 3.24. The van der Waals surface area contributed by atoms with Crippen LogP contribution in [-0.2, 0) is 4.79 Å². The van der Waals surface area contributed by atoms with Gasteiger partial charge >= 0.3 is 0 Å². The van der Waals surface area contributed by atoms with Crippen LogP contribution in [0, 0.1) is 0 Å². The number of para-hydroxylation sites is 1. The monoisotopic (exact) mass is 318 g/mol. The van der Waals surface area contributed by atoms with Crippen molar-refractivity contribution in [1.82, 2.24) is 0 Å². The molecular weight excluding hydrogens is 300 g/mol. The van der Waals surface area contributed by atoms with E-state index in [2.05, 4.69) is 0 Å². The fraction of sp³-hybridized carbons (Fsp3) is 0.235. The first-order valence-corrected chi connectivity index (χ1v) is 7.33. The Morgan fingerprint density at radius 1 is 1.00 bits per heavy atom.